The van der Waals surface area contributed by atoms with E-state index in [1.165, 1.54) is 6.07 Å². The molecule has 2 aromatic rings. The Morgan fingerprint density at radius 1 is 0.870 bits per heavy atom. The second-order valence-electron chi connectivity index (χ2n) is 5.31. The highest BCUT2D eigenvalue weighted by Gasteiger charge is 2.17. The van der Waals surface area contributed by atoms with Crippen LogP contribution in [0.1, 0.15) is 16.7 Å². The predicted molar refractivity (Wildman–Crippen MR) is 94.4 cm³/mol. The van der Waals surface area contributed by atoms with Gasteiger partial charge in [-0.1, -0.05) is 40.9 Å². The molecule has 2 amide bonds. The van der Waals surface area contributed by atoms with Crippen LogP contribution in [0.4, 0.5) is 11.4 Å². The fourth-order valence-corrected chi connectivity index (χ4v) is 2.66. The van der Waals surface area contributed by atoms with E-state index in [0.717, 1.165) is 16.7 Å². The topological polar surface area (TPSA) is 58.2 Å². The van der Waals surface area contributed by atoms with Gasteiger partial charge < -0.3 is 10.6 Å². The summed E-state index contributed by atoms with van der Waals surface area (Å²) < 4.78 is 0. The zero-order valence-corrected chi connectivity index (χ0v) is 14.5. The van der Waals surface area contributed by atoms with E-state index in [1.54, 1.807) is 12.1 Å². The van der Waals surface area contributed by atoms with Gasteiger partial charge in [-0.05, 0) is 50.1 Å². The molecule has 2 N–H and O–H groups in total. The summed E-state index contributed by atoms with van der Waals surface area (Å²) in [7, 11) is 0. The van der Waals surface area contributed by atoms with Crippen molar-refractivity contribution in [2.24, 2.45) is 0 Å². The summed E-state index contributed by atoms with van der Waals surface area (Å²) in [4.78, 5) is 24.1. The van der Waals surface area contributed by atoms with E-state index in [4.69, 9.17) is 23.2 Å². The fourth-order valence-electron chi connectivity index (χ4n) is 2.32. The minimum Gasteiger partial charge on any atom is -0.317 e. The number of aryl methyl sites for hydroxylation is 3. The monoisotopic (exact) mass is 350 g/mol. The van der Waals surface area contributed by atoms with Crippen LogP contribution in [0.3, 0.4) is 0 Å². The molecule has 2 aromatic carbocycles. The van der Waals surface area contributed by atoms with E-state index >= 15 is 0 Å². The quantitative estimate of drug-likeness (QED) is 0.783. The molecular weight excluding hydrogens is 335 g/mol. The van der Waals surface area contributed by atoms with Gasteiger partial charge in [0.2, 0.25) is 0 Å². The van der Waals surface area contributed by atoms with Crippen LogP contribution in [-0.4, -0.2) is 11.8 Å². The molecule has 6 heteroatoms. The van der Waals surface area contributed by atoms with Gasteiger partial charge in [-0.25, -0.2) is 0 Å². The Morgan fingerprint density at radius 3 is 2.04 bits per heavy atom. The highest BCUT2D eigenvalue weighted by atomic mass is 35.5. The van der Waals surface area contributed by atoms with Crippen LogP contribution in [0.2, 0.25) is 10.0 Å². The maximum Gasteiger partial charge on any atom is 0.314 e. The van der Waals surface area contributed by atoms with Gasteiger partial charge in [0.1, 0.15) is 0 Å². The number of amides is 2. The number of anilines is 2. The van der Waals surface area contributed by atoms with Gasteiger partial charge in [0.15, 0.2) is 0 Å². The summed E-state index contributed by atoms with van der Waals surface area (Å²) in [6.45, 7) is 5.72. The Morgan fingerprint density at radius 2 is 1.43 bits per heavy atom. The Bertz CT molecular complexity index is 765. The smallest absolute Gasteiger partial charge is 0.314 e. The molecule has 2 rings (SSSR count). The summed E-state index contributed by atoms with van der Waals surface area (Å²) in [5.74, 6) is -1.58. The van der Waals surface area contributed by atoms with Gasteiger partial charge in [-0.3, -0.25) is 9.59 Å². The molecule has 0 bridgehead atoms. The number of benzene rings is 2. The largest absolute Gasteiger partial charge is 0.317 e. The standard InChI is InChI=1S/C17H16Cl2N2O2/c1-9-6-10(2)15(11(3)7-9)21-17(23)16(22)20-14-8-12(18)4-5-13(14)19/h4-8H,1-3H3,(H,20,22)(H,21,23). The van der Waals surface area contributed by atoms with Crippen molar-refractivity contribution in [2.45, 2.75) is 20.8 Å². The number of hydrogen-bond donors (Lipinski definition) is 2. The lowest BCUT2D eigenvalue weighted by Gasteiger charge is -2.13. The summed E-state index contributed by atoms with van der Waals surface area (Å²) in [5.41, 5.74) is 3.80. The molecule has 0 fully saturated rings. The van der Waals surface area contributed by atoms with Crippen molar-refractivity contribution in [1.29, 1.82) is 0 Å². The molecule has 0 aromatic heterocycles. The third-order valence-electron chi connectivity index (χ3n) is 3.30. The minimum absolute atomic E-state index is 0.289. The van der Waals surface area contributed by atoms with E-state index in [9.17, 15) is 9.59 Å². The average molecular weight is 351 g/mol. The van der Waals surface area contributed by atoms with E-state index in [0.29, 0.717) is 15.7 Å². The summed E-state index contributed by atoms with van der Waals surface area (Å²) >= 11 is 11.8. The van der Waals surface area contributed by atoms with Crippen molar-refractivity contribution in [1.82, 2.24) is 0 Å². The average Bonchev–Trinajstić information content (AvgIpc) is 2.46. The first-order valence-corrected chi connectivity index (χ1v) is 7.68. The van der Waals surface area contributed by atoms with Crippen LogP contribution in [0, 0.1) is 20.8 Å². The molecule has 120 valence electrons. The summed E-state index contributed by atoms with van der Waals surface area (Å²) in [6, 6.07) is 8.50. The van der Waals surface area contributed by atoms with Gasteiger partial charge in [-0.15, -0.1) is 0 Å². The summed E-state index contributed by atoms with van der Waals surface area (Å²) in [5, 5.41) is 5.80. The van der Waals surface area contributed by atoms with Crippen molar-refractivity contribution >= 4 is 46.4 Å². The molecule has 4 nitrogen and oxygen atoms in total. The van der Waals surface area contributed by atoms with Crippen molar-refractivity contribution in [3.63, 3.8) is 0 Å². The molecule has 0 unspecified atom stereocenters. The second kappa shape index (κ2) is 7.02. The maximum absolute atomic E-state index is 12.1. The van der Waals surface area contributed by atoms with Gasteiger partial charge in [0.05, 0.1) is 10.7 Å². The van der Waals surface area contributed by atoms with Gasteiger partial charge in [0, 0.05) is 10.7 Å². The molecule has 0 atom stereocenters. The molecular formula is C17H16Cl2N2O2. The van der Waals surface area contributed by atoms with Crippen LogP contribution >= 0.6 is 23.2 Å². The first-order valence-electron chi connectivity index (χ1n) is 6.93. The number of rotatable bonds is 2. The van der Waals surface area contributed by atoms with Crippen LogP contribution in [0.5, 0.6) is 0 Å². The van der Waals surface area contributed by atoms with Crippen LogP contribution in [-0.2, 0) is 9.59 Å². The van der Waals surface area contributed by atoms with E-state index in [2.05, 4.69) is 10.6 Å². The molecule has 0 heterocycles. The Kier molecular flexibility index (Phi) is 5.29. The van der Waals surface area contributed by atoms with E-state index in [1.807, 2.05) is 32.9 Å². The van der Waals surface area contributed by atoms with E-state index < -0.39 is 11.8 Å². The maximum atomic E-state index is 12.1. The van der Waals surface area contributed by atoms with Crippen LogP contribution in [0.25, 0.3) is 0 Å². The third-order valence-corrected chi connectivity index (χ3v) is 3.86. The van der Waals surface area contributed by atoms with Gasteiger partial charge in [0.25, 0.3) is 0 Å². The molecule has 0 radical (unpaired) electrons. The van der Waals surface area contributed by atoms with Crippen molar-refractivity contribution in [3.8, 4) is 0 Å². The minimum atomic E-state index is -0.812. The lowest BCUT2D eigenvalue weighted by molar-refractivity contribution is -0.133. The zero-order chi connectivity index (χ0) is 17.1. The fraction of sp³-hybridized carbons (Fsp3) is 0.176. The molecule has 0 aliphatic carbocycles. The number of hydrogen-bond acceptors (Lipinski definition) is 2. The number of halogens is 2. The highest BCUT2D eigenvalue weighted by molar-refractivity contribution is 6.45. The molecule has 0 saturated heterocycles. The number of carbonyl (C=O) groups excluding carboxylic acids is 2. The number of carbonyl (C=O) groups is 2. The van der Waals surface area contributed by atoms with Gasteiger partial charge >= 0.3 is 11.8 Å². The zero-order valence-electron chi connectivity index (χ0n) is 13.0. The second-order valence-corrected chi connectivity index (χ2v) is 6.15. The lowest BCUT2D eigenvalue weighted by Crippen LogP contribution is -2.29. The van der Waals surface area contributed by atoms with Crippen molar-refractivity contribution in [2.75, 3.05) is 10.6 Å². The van der Waals surface area contributed by atoms with Crippen molar-refractivity contribution in [3.05, 3.63) is 57.1 Å². The first-order chi connectivity index (χ1) is 10.8. The molecule has 0 saturated carbocycles. The Labute approximate surface area is 144 Å². The highest BCUT2D eigenvalue weighted by Crippen LogP contribution is 2.26. The lowest BCUT2D eigenvalue weighted by atomic mass is 10.1. The normalized spacial score (nSPS) is 10.3. The molecule has 0 aliphatic rings. The molecule has 0 spiro atoms. The Balaban J connectivity index is 2.15. The van der Waals surface area contributed by atoms with Gasteiger partial charge in [-0.2, -0.15) is 0 Å². The van der Waals surface area contributed by atoms with Crippen molar-refractivity contribution < 1.29 is 9.59 Å². The van der Waals surface area contributed by atoms with Crippen LogP contribution in [0.15, 0.2) is 30.3 Å². The first kappa shape index (κ1) is 17.3. The molecule has 0 aliphatic heterocycles. The molecule has 23 heavy (non-hydrogen) atoms. The number of nitrogens with one attached hydrogen (secondary N) is 2. The Hall–Kier alpha value is -2.04. The third kappa shape index (κ3) is 4.24. The van der Waals surface area contributed by atoms with Crippen LogP contribution < -0.4 is 10.6 Å². The SMILES string of the molecule is Cc1cc(C)c(NC(=O)C(=O)Nc2cc(Cl)ccc2Cl)c(C)c1. The summed E-state index contributed by atoms with van der Waals surface area (Å²) in [6.07, 6.45) is 0. The predicted octanol–water partition coefficient (Wildman–Crippen LogP) is 4.50. The van der Waals surface area contributed by atoms with E-state index in [-0.39, 0.29) is 5.69 Å².